The van der Waals surface area contributed by atoms with Gasteiger partial charge in [-0.25, -0.2) is 14.4 Å². The smallest absolute Gasteiger partial charge is 0.361 e. The lowest BCUT2D eigenvalue weighted by molar-refractivity contribution is -0.137. The largest absolute Gasteiger partial charge is 0.416 e. The molecule has 4 N–H and O–H groups in total. The van der Waals surface area contributed by atoms with Crippen molar-refractivity contribution >= 4 is 27.8 Å². The number of hydrogen-bond donors (Lipinski definition) is 3. The molecule has 3 heterocycles. The van der Waals surface area contributed by atoms with Crippen molar-refractivity contribution < 1.29 is 17.6 Å². The Balaban J connectivity index is 1.54. The summed E-state index contributed by atoms with van der Waals surface area (Å²) in [5.74, 6) is 0.363. The molecule has 1 saturated carbocycles. The van der Waals surface area contributed by atoms with Gasteiger partial charge in [0.1, 0.15) is 6.17 Å². The lowest BCUT2D eigenvalue weighted by Crippen LogP contribution is -2.45. The summed E-state index contributed by atoms with van der Waals surface area (Å²) in [6.45, 7) is 0. The van der Waals surface area contributed by atoms with Gasteiger partial charge in [0.15, 0.2) is 0 Å². The zero-order valence-electron chi connectivity index (χ0n) is 16.8. The third-order valence-corrected chi connectivity index (χ3v) is 5.94. The molecule has 166 valence electrons. The van der Waals surface area contributed by atoms with Crippen LogP contribution in [0, 0.1) is 0 Å². The van der Waals surface area contributed by atoms with Crippen LogP contribution in [0.25, 0.3) is 32.9 Å². The number of fused-ring (bicyclic) bond motifs is 2. The van der Waals surface area contributed by atoms with Crippen molar-refractivity contribution in [2.24, 2.45) is 5.73 Å². The number of rotatable bonds is 3. The summed E-state index contributed by atoms with van der Waals surface area (Å²) in [5.41, 5.74) is 7.69. The van der Waals surface area contributed by atoms with E-state index in [4.69, 9.17) is 5.73 Å². The van der Waals surface area contributed by atoms with E-state index in [2.05, 4.69) is 25.3 Å². The van der Waals surface area contributed by atoms with E-state index >= 15 is 0 Å². The third kappa shape index (κ3) is 3.75. The Kier molecular flexibility index (Phi) is 4.96. The summed E-state index contributed by atoms with van der Waals surface area (Å²) in [5, 5.41) is 4.52. The molecule has 0 aliphatic heterocycles. The highest BCUT2D eigenvalue weighted by molar-refractivity contribution is 6.03. The van der Waals surface area contributed by atoms with Crippen LogP contribution in [0.2, 0.25) is 0 Å². The Labute approximate surface area is 180 Å². The molecule has 6 nitrogen and oxygen atoms in total. The maximum atomic E-state index is 13.6. The van der Waals surface area contributed by atoms with Crippen LogP contribution in [-0.4, -0.2) is 38.2 Å². The maximum absolute atomic E-state index is 13.6. The first kappa shape index (κ1) is 20.6. The number of anilines is 1. The van der Waals surface area contributed by atoms with Crippen molar-refractivity contribution in [3.8, 4) is 11.1 Å². The molecule has 3 aromatic heterocycles. The fourth-order valence-electron chi connectivity index (χ4n) is 4.24. The number of aromatic nitrogens is 4. The molecule has 1 unspecified atom stereocenters. The molecule has 0 bridgehead atoms. The first-order valence-electron chi connectivity index (χ1n) is 10.3. The van der Waals surface area contributed by atoms with Gasteiger partial charge < -0.3 is 16.0 Å². The van der Waals surface area contributed by atoms with Crippen molar-refractivity contribution in [2.45, 2.75) is 43.7 Å². The van der Waals surface area contributed by atoms with Crippen LogP contribution in [-0.2, 0) is 6.18 Å². The lowest BCUT2D eigenvalue weighted by Gasteiger charge is -2.31. The molecule has 0 saturated heterocycles. The van der Waals surface area contributed by atoms with E-state index < -0.39 is 17.9 Å². The van der Waals surface area contributed by atoms with Crippen LogP contribution in [0.15, 0.2) is 43.0 Å². The highest BCUT2D eigenvalue weighted by atomic mass is 19.4. The Bertz CT molecular complexity index is 1280. The molecule has 4 aromatic rings. The topological polar surface area (TPSA) is 92.5 Å². The molecule has 32 heavy (non-hydrogen) atoms. The van der Waals surface area contributed by atoms with Gasteiger partial charge in [0.2, 0.25) is 5.95 Å². The Morgan fingerprint density at radius 1 is 1.09 bits per heavy atom. The Hall–Kier alpha value is -3.27. The quantitative estimate of drug-likeness (QED) is 0.394. The molecule has 1 fully saturated rings. The number of nitrogens with zero attached hydrogens (tertiary/aromatic N) is 3. The number of H-pyrrole nitrogens is 1. The van der Waals surface area contributed by atoms with Crippen LogP contribution in [0.3, 0.4) is 0 Å². The van der Waals surface area contributed by atoms with E-state index in [-0.39, 0.29) is 18.5 Å². The van der Waals surface area contributed by atoms with E-state index in [0.29, 0.717) is 51.7 Å². The molecule has 0 spiro atoms. The average molecular weight is 444 g/mol. The predicted molar refractivity (Wildman–Crippen MR) is 114 cm³/mol. The van der Waals surface area contributed by atoms with Gasteiger partial charge in [0.05, 0.1) is 11.1 Å². The number of benzene rings is 1. The van der Waals surface area contributed by atoms with Gasteiger partial charge >= 0.3 is 6.18 Å². The van der Waals surface area contributed by atoms with Crippen LogP contribution in [0.1, 0.15) is 24.8 Å². The van der Waals surface area contributed by atoms with Crippen molar-refractivity contribution in [3.05, 3.63) is 48.5 Å². The number of pyridine rings is 1. The minimum absolute atomic E-state index is 0.140. The summed E-state index contributed by atoms with van der Waals surface area (Å²) >= 11 is 0. The fraction of sp³-hybridized carbons (Fsp3) is 0.318. The lowest BCUT2D eigenvalue weighted by atomic mass is 9.90. The molecule has 0 amide bonds. The van der Waals surface area contributed by atoms with Crippen LogP contribution < -0.4 is 11.1 Å². The highest BCUT2D eigenvalue weighted by Crippen LogP contribution is 2.36. The van der Waals surface area contributed by atoms with Crippen molar-refractivity contribution in [3.63, 3.8) is 0 Å². The van der Waals surface area contributed by atoms with Gasteiger partial charge in [0.25, 0.3) is 0 Å². The molecule has 0 radical (unpaired) electrons. The van der Waals surface area contributed by atoms with Gasteiger partial charge in [0, 0.05) is 64.3 Å². The van der Waals surface area contributed by atoms with E-state index in [1.807, 2.05) is 0 Å². The summed E-state index contributed by atoms with van der Waals surface area (Å²) in [6, 6.07) is 3.10. The number of nitrogens with one attached hydrogen (secondary N) is 2. The Morgan fingerprint density at radius 2 is 1.94 bits per heavy atom. The molecular weight excluding hydrogens is 424 g/mol. The van der Waals surface area contributed by atoms with Crippen LogP contribution >= 0.6 is 0 Å². The second kappa shape index (κ2) is 7.70. The summed E-state index contributed by atoms with van der Waals surface area (Å²) in [4.78, 5) is 16.1. The SMILES string of the molecule is N[C@H]1CC(F)CC[C@H]1Nc1ncc2cncc(-c3c[nH]c4cc(C(F)(F)F)ccc34)c2n1. The molecule has 1 aliphatic rings. The van der Waals surface area contributed by atoms with E-state index in [0.717, 1.165) is 12.1 Å². The predicted octanol–water partition coefficient (Wildman–Crippen LogP) is 4.82. The zero-order valence-corrected chi connectivity index (χ0v) is 16.8. The molecule has 1 aromatic carbocycles. The molecular formula is C22H20F4N6. The number of nitrogens with two attached hydrogens (primary N) is 1. The van der Waals surface area contributed by atoms with Crippen LogP contribution in [0.4, 0.5) is 23.5 Å². The van der Waals surface area contributed by atoms with Gasteiger partial charge in [-0.1, -0.05) is 6.07 Å². The van der Waals surface area contributed by atoms with Gasteiger partial charge in [-0.05, 0) is 31.4 Å². The van der Waals surface area contributed by atoms with E-state index in [9.17, 15) is 17.6 Å². The number of alkyl halides is 4. The normalized spacial score (nSPS) is 21.8. The summed E-state index contributed by atoms with van der Waals surface area (Å²) in [6.07, 6.45) is 2.52. The van der Waals surface area contributed by atoms with Gasteiger partial charge in [-0.3, -0.25) is 4.98 Å². The highest BCUT2D eigenvalue weighted by Gasteiger charge is 2.31. The number of hydrogen-bond acceptors (Lipinski definition) is 5. The Morgan fingerprint density at radius 3 is 2.72 bits per heavy atom. The maximum Gasteiger partial charge on any atom is 0.416 e. The first-order chi connectivity index (χ1) is 15.3. The first-order valence-corrected chi connectivity index (χ1v) is 10.3. The summed E-state index contributed by atoms with van der Waals surface area (Å²) in [7, 11) is 0. The molecule has 10 heteroatoms. The molecule has 5 rings (SSSR count). The van der Waals surface area contributed by atoms with Crippen molar-refractivity contribution in [1.29, 1.82) is 0 Å². The second-order valence-electron chi connectivity index (χ2n) is 8.10. The minimum atomic E-state index is -4.42. The average Bonchev–Trinajstić information content (AvgIpc) is 3.18. The molecule has 1 aliphatic carbocycles. The monoisotopic (exact) mass is 444 g/mol. The standard InChI is InChI=1S/C22H20F4N6/c23-13-2-4-18(17(27)6-13)31-21-30-8-11-7-28-9-16(20(11)32-21)15-10-29-19-5-12(22(24,25)26)1-3-14(15)19/h1,3,5,7-10,13,17-18,29H,2,4,6,27H2,(H,30,31,32)/t13?,17-,18+/m0/s1. The fourth-order valence-corrected chi connectivity index (χ4v) is 4.24. The number of aromatic amines is 1. The van der Waals surface area contributed by atoms with Gasteiger partial charge in [-0.2, -0.15) is 13.2 Å². The second-order valence-corrected chi connectivity index (χ2v) is 8.10. The van der Waals surface area contributed by atoms with Gasteiger partial charge in [-0.15, -0.1) is 0 Å². The summed E-state index contributed by atoms with van der Waals surface area (Å²) < 4.78 is 52.8. The molecule has 3 atom stereocenters. The van der Waals surface area contributed by atoms with E-state index in [1.165, 1.54) is 6.07 Å². The van der Waals surface area contributed by atoms with E-state index in [1.54, 1.807) is 24.8 Å². The number of halogens is 4. The third-order valence-electron chi connectivity index (χ3n) is 5.94. The van der Waals surface area contributed by atoms with Crippen molar-refractivity contribution in [1.82, 2.24) is 19.9 Å². The van der Waals surface area contributed by atoms with Crippen molar-refractivity contribution in [2.75, 3.05) is 5.32 Å². The van der Waals surface area contributed by atoms with Crippen LogP contribution in [0.5, 0.6) is 0 Å². The minimum Gasteiger partial charge on any atom is -0.361 e. The zero-order chi connectivity index (χ0) is 22.5.